The number of para-hydroxylation sites is 2. The number of rotatable bonds is 6. The molecule has 0 aliphatic rings. The fourth-order valence-corrected chi connectivity index (χ4v) is 3.34. The Hall–Kier alpha value is -4.58. The van der Waals surface area contributed by atoms with E-state index in [2.05, 4.69) is 10.6 Å². The number of nitrogens with one attached hydrogen (secondary N) is 2. The van der Waals surface area contributed by atoms with E-state index in [0.29, 0.717) is 13.1 Å². The van der Waals surface area contributed by atoms with Crippen molar-refractivity contribution >= 4 is 23.4 Å². The third kappa shape index (κ3) is 8.99. The molecule has 4 aromatic carbocycles. The fourth-order valence-electron chi connectivity index (χ4n) is 3.34. The molecule has 4 aromatic rings. The van der Waals surface area contributed by atoms with Crippen molar-refractivity contribution < 1.29 is 9.59 Å². The Labute approximate surface area is 213 Å². The standard InChI is InChI=1S/2C15H16N2O/c2*1-17(12-13-8-4-2-5-9-13)15(18)16-14-10-6-3-7-11-14/h2*2-11H,12H2,1H3,(H,16,18). The molecule has 0 unspecified atom stereocenters. The van der Waals surface area contributed by atoms with Crippen LogP contribution >= 0.6 is 0 Å². The first-order valence-corrected chi connectivity index (χ1v) is 11.7. The summed E-state index contributed by atoms with van der Waals surface area (Å²) < 4.78 is 0. The molecule has 4 rings (SSSR count). The van der Waals surface area contributed by atoms with Gasteiger partial charge in [0.05, 0.1) is 0 Å². The topological polar surface area (TPSA) is 64.7 Å². The Balaban J connectivity index is 0.000000201. The predicted octanol–water partition coefficient (Wildman–Crippen LogP) is 6.70. The Kier molecular flexibility index (Phi) is 10.1. The zero-order chi connectivity index (χ0) is 25.6. The van der Waals surface area contributed by atoms with Crippen molar-refractivity contribution in [1.82, 2.24) is 9.80 Å². The minimum absolute atomic E-state index is 0.106. The second-order valence-corrected chi connectivity index (χ2v) is 8.28. The molecule has 6 heteroatoms. The van der Waals surface area contributed by atoms with Crippen molar-refractivity contribution in [2.24, 2.45) is 0 Å². The average molecular weight is 481 g/mol. The number of urea groups is 2. The van der Waals surface area contributed by atoms with Gasteiger partial charge >= 0.3 is 12.1 Å². The first-order valence-electron chi connectivity index (χ1n) is 11.7. The van der Waals surface area contributed by atoms with Crippen LogP contribution in [0.15, 0.2) is 121 Å². The second kappa shape index (κ2) is 14.0. The van der Waals surface area contributed by atoms with Gasteiger partial charge in [-0.15, -0.1) is 0 Å². The van der Waals surface area contributed by atoms with Crippen molar-refractivity contribution in [2.75, 3.05) is 24.7 Å². The van der Waals surface area contributed by atoms with Crippen LogP contribution in [-0.4, -0.2) is 36.0 Å². The molecule has 0 bridgehead atoms. The Morgan fingerprint density at radius 2 is 0.778 bits per heavy atom. The highest BCUT2D eigenvalue weighted by Crippen LogP contribution is 2.09. The summed E-state index contributed by atoms with van der Waals surface area (Å²) in [5, 5.41) is 5.70. The summed E-state index contributed by atoms with van der Waals surface area (Å²) in [5.41, 5.74) is 3.84. The summed E-state index contributed by atoms with van der Waals surface area (Å²) in [6, 6.07) is 38.5. The molecule has 4 amide bonds. The maximum absolute atomic E-state index is 11.9. The van der Waals surface area contributed by atoms with Gasteiger partial charge in [0.25, 0.3) is 0 Å². The molecule has 36 heavy (non-hydrogen) atoms. The van der Waals surface area contributed by atoms with Crippen LogP contribution in [0.25, 0.3) is 0 Å². The molecule has 0 saturated heterocycles. The lowest BCUT2D eigenvalue weighted by Crippen LogP contribution is -2.30. The minimum atomic E-state index is -0.106. The Morgan fingerprint density at radius 3 is 1.08 bits per heavy atom. The first-order chi connectivity index (χ1) is 17.5. The number of benzene rings is 4. The van der Waals surface area contributed by atoms with E-state index in [-0.39, 0.29) is 12.1 Å². The molecule has 0 saturated carbocycles. The Morgan fingerprint density at radius 1 is 0.500 bits per heavy atom. The molecule has 0 aromatic heterocycles. The molecule has 6 nitrogen and oxygen atoms in total. The summed E-state index contributed by atoms with van der Waals surface area (Å²) in [6.07, 6.45) is 0. The lowest BCUT2D eigenvalue weighted by Gasteiger charge is -2.18. The first kappa shape index (κ1) is 26.0. The molecule has 0 atom stereocenters. The van der Waals surface area contributed by atoms with Gasteiger partial charge in [-0.05, 0) is 35.4 Å². The summed E-state index contributed by atoms with van der Waals surface area (Å²) in [7, 11) is 3.57. The lowest BCUT2D eigenvalue weighted by molar-refractivity contribution is 0.220. The van der Waals surface area contributed by atoms with E-state index in [1.54, 1.807) is 23.9 Å². The van der Waals surface area contributed by atoms with Gasteiger partial charge in [-0.25, -0.2) is 9.59 Å². The number of anilines is 2. The minimum Gasteiger partial charge on any atom is -0.323 e. The predicted molar refractivity (Wildman–Crippen MR) is 147 cm³/mol. The normalized spacial score (nSPS) is 9.83. The third-order valence-corrected chi connectivity index (χ3v) is 5.27. The zero-order valence-electron chi connectivity index (χ0n) is 20.7. The largest absolute Gasteiger partial charge is 0.323 e. The number of hydrogen-bond donors (Lipinski definition) is 2. The maximum Gasteiger partial charge on any atom is 0.321 e. The van der Waals surface area contributed by atoms with Crippen molar-refractivity contribution in [3.63, 3.8) is 0 Å². The summed E-state index contributed by atoms with van der Waals surface area (Å²) in [6.45, 7) is 1.19. The quantitative estimate of drug-likeness (QED) is 0.322. The maximum atomic E-state index is 11.9. The molecule has 0 heterocycles. The van der Waals surface area contributed by atoms with Gasteiger partial charge < -0.3 is 20.4 Å². The van der Waals surface area contributed by atoms with Gasteiger partial charge in [-0.2, -0.15) is 0 Å². The SMILES string of the molecule is CN(Cc1ccccc1)C(=O)Nc1ccccc1.CN(Cc1ccccc1)C(=O)Nc1ccccc1. The van der Waals surface area contributed by atoms with Gasteiger partial charge in [0.2, 0.25) is 0 Å². The zero-order valence-corrected chi connectivity index (χ0v) is 20.7. The number of carbonyl (C=O) groups is 2. The van der Waals surface area contributed by atoms with E-state index < -0.39 is 0 Å². The Bertz CT molecular complexity index is 1090. The second-order valence-electron chi connectivity index (χ2n) is 8.28. The third-order valence-electron chi connectivity index (χ3n) is 5.27. The van der Waals surface area contributed by atoms with E-state index >= 15 is 0 Å². The van der Waals surface area contributed by atoms with Gasteiger partial charge in [-0.3, -0.25) is 0 Å². The van der Waals surface area contributed by atoms with E-state index in [9.17, 15) is 9.59 Å². The molecular formula is C30H32N4O2. The molecule has 0 spiro atoms. The molecule has 0 aliphatic heterocycles. The van der Waals surface area contributed by atoms with E-state index in [1.807, 2.05) is 121 Å². The van der Waals surface area contributed by atoms with Crippen LogP contribution in [0.1, 0.15) is 11.1 Å². The smallest absolute Gasteiger partial charge is 0.321 e. The number of nitrogens with zero attached hydrogens (tertiary/aromatic N) is 2. The van der Waals surface area contributed by atoms with Crippen LogP contribution in [0.2, 0.25) is 0 Å². The van der Waals surface area contributed by atoms with Crippen molar-refractivity contribution in [3.8, 4) is 0 Å². The number of hydrogen-bond acceptors (Lipinski definition) is 2. The van der Waals surface area contributed by atoms with Gasteiger partial charge in [0, 0.05) is 38.6 Å². The lowest BCUT2D eigenvalue weighted by atomic mass is 10.2. The fraction of sp³-hybridized carbons (Fsp3) is 0.133. The molecule has 0 aliphatic carbocycles. The van der Waals surface area contributed by atoms with Crippen LogP contribution in [0, 0.1) is 0 Å². The highest BCUT2D eigenvalue weighted by atomic mass is 16.2. The number of amides is 4. The van der Waals surface area contributed by atoms with Gasteiger partial charge in [0.15, 0.2) is 0 Å². The molecular weight excluding hydrogens is 448 g/mol. The van der Waals surface area contributed by atoms with E-state index in [1.165, 1.54) is 0 Å². The van der Waals surface area contributed by atoms with Crippen LogP contribution < -0.4 is 10.6 Å². The average Bonchev–Trinajstić information content (AvgIpc) is 2.91. The van der Waals surface area contributed by atoms with Crippen LogP contribution in [-0.2, 0) is 13.1 Å². The van der Waals surface area contributed by atoms with Crippen LogP contribution in [0.3, 0.4) is 0 Å². The van der Waals surface area contributed by atoms with Gasteiger partial charge in [-0.1, -0.05) is 97.1 Å². The summed E-state index contributed by atoms with van der Waals surface area (Å²) >= 11 is 0. The van der Waals surface area contributed by atoms with Crippen LogP contribution in [0.5, 0.6) is 0 Å². The molecule has 0 radical (unpaired) electrons. The molecule has 0 fully saturated rings. The highest BCUT2D eigenvalue weighted by molar-refractivity contribution is 5.89. The van der Waals surface area contributed by atoms with Crippen LogP contribution in [0.4, 0.5) is 21.0 Å². The molecule has 2 N–H and O–H groups in total. The van der Waals surface area contributed by atoms with Crippen molar-refractivity contribution in [3.05, 3.63) is 132 Å². The monoisotopic (exact) mass is 480 g/mol. The number of carbonyl (C=O) groups excluding carboxylic acids is 2. The van der Waals surface area contributed by atoms with E-state index in [4.69, 9.17) is 0 Å². The van der Waals surface area contributed by atoms with Crippen molar-refractivity contribution in [1.29, 1.82) is 0 Å². The summed E-state index contributed by atoms with van der Waals surface area (Å²) in [5.74, 6) is 0. The van der Waals surface area contributed by atoms with E-state index in [0.717, 1.165) is 22.5 Å². The summed E-state index contributed by atoms with van der Waals surface area (Å²) in [4.78, 5) is 27.2. The van der Waals surface area contributed by atoms with Crippen molar-refractivity contribution in [2.45, 2.75) is 13.1 Å². The highest BCUT2D eigenvalue weighted by Gasteiger charge is 2.09. The molecule has 184 valence electrons. The van der Waals surface area contributed by atoms with Gasteiger partial charge in [0.1, 0.15) is 0 Å².